The number of nitrogens with two attached hydrogens (primary N) is 1. The lowest BCUT2D eigenvalue weighted by molar-refractivity contribution is -0.139. The molecule has 39 heavy (non-hydrogen) atoms. The van der Waals surface area contributed by atoms with Crippen molar-refractivity contribution in [2.24, 2.45) is 5.73 Å². The van der Waals surface area contributed by atoms with Gasteiger partial charge in [-0.25, -0.2) is 19.1 Å². The van der Waals surface area contributed by atoms with Gasteiger partial charge >= 0.3 is 17.9 Å². The molecule has 0 fully saturated rings. The van der Waals surface area contributed by atoms with Crippen molar-refractivity contribution in [3.05, 3.63) is 99.8 Å². The smallest absolute Gasteiger partial charge is 0.355 e. The minimum absolute atomic E-state index is 0.0336. The molecule has 1 unspecified atom stereocenters. The summed E-state index contributed by atoms with van der Waals surface area (Å²) in [6.45, 7) is 3.57. The van der Waals surface area contributed by atoms with Gasteiger partial charge in [-0.15, -0.1) is 0 Å². The number of allylic oxidation sites excluding steroid dienone is 1. The predicted octanol–water partition coefficient (Wildman–Crippen LogP) is 3.09. The molecule has 11 heteroatoms. The van der Waals surface area contributed by atoms with E-state index < -0.39 is 23.8 Å². The number of carboxylic acid groups (broad SMARTS) is 1. The van der Waals surface area contributed by atoms with Gasteiger partial charge in [0, 0.05) is 11.4 Å². The number of benzene rings is 2. The molecule has 2 aromatic carbocycles. The van der Waals surface area contributed by atoms with Crippen LogP contribution in [0.25, 0.3) is 5.69 Å². The summed E-state index contributed by atoms with van der Waals surface area (Å²) in [6.07, 6.45) is 0. The van der Waals surface area contributed by atoms with E-state index in [-0.39, 0.29) is 39.6 Å². The Hall–Kier alpha value is -5.37. The van der Waals surface area contributed by atoms with Crippen LogP contribution in [-0.4, -0.2) is 47.0 Å². The summed E-state index contributed by atoms with van der Waals surface area (Å²) in [5, 5.41) is 24.6. The highest BCUT2D eigenvalue weighted by Gasteiger charge is 2.43. The van der Waals surface area contributed by atoms with Crippen LogP contribution in [0, 0.1) is 25.2 Å². The van der Waals surface area contributed by atoms with E-state index >= 15 is 0 Å². The van der Waals surface area contributed by atoms with E-state index in [4.69, 9.17) is 15.2 Å². The van der Waals surface area contributed by atoms with Gasteiger partial charge in [-0.2, -0.15) is 10.4 Å². The van der Waals surface area contributed by atoms with Crippen molar-refractivity contribution in [1.29, 1.82) is 5.26 Å². The van der Waals surface area contributed by atoms with Gasteiger partial charge in [0.25, 0.3) is 0 Å². The van der Waals surface area contributed by atoms with E-state index in [0.29, 0.717) is 17.0 Å². The zero-order valence-electron chi connectivity index (χ0n) is 21.6. The summed E-state index contributed by atoms with van der Waals surface area (Å²) in [6, 6.07) is 16.8. The summed E-state index contributed by atoms with van der Waals surface area (Å²) in [7, 11) is 2.28. The number of hydrogen-bond donors (Lipinski definition) is 2. The van der Waals surface area contributed by atoms with Crippen molar-refractivity contribution in [1.82, 2.24) is 9.78 Å². The van der Waals surface area contributed by atoms with Crippen molar-refractivity contribution in [2.75, 3.05) is 19.1 Å². The number of nitriles is 1. The molecule has 3 aromatic rings. The van der Waals surface area contributed by atoms with Crippen LogP contribution in [0.15, 0.2) is 77.3 Å². The molecule has 0 saturated heterocycles. The van der Waals surface area contributed by atoms with Crippen molar-refractivity contribution >= 4 is 23.6 Å². The number of aromatic carboxylic acids is 1. The monoisotopic (exact) mass is 527 g/mol. The quantitative estimate of drug-likeness (QED) is 0.456. The van der Waals surface area contributed by atoms with E-state index in [9.17, 15) is 24.8 Å². The number of carbonyl (C=O) groups excluding carboxylic acids is 2. The first-order valence-corrected chi connectivity index (χ1v) is 11.7. The largest absolute Gasteiger partial charge is 0.478 e. The van der Waals surface area contributed by atoms with Gasteiger partial charge < -0.3 is 20.3 Å². The van der Waals surface area contributed by atoms with Crippen molar-refractivity contribution in [2.45, 2.75) is 19.8 Å². The zero-order valence-corrected chi connectivity index (χ0v) is 21.6. The number of aryl methyl sites for hydroxylation is 2. The molecule has 1 aliphatic heterocycles. The number of nitrogens with zero attached hydrogens (tertiary/aromatic N) is 4. The number of anilines is 1. The molecule has 0 bridgehead atoms. The maximum absolute atomic E-state index is 13.2. The maximum Gasteiger partial charge on any atom is 0.355 e. The highest BCUT2D eigenvalue weighted by molar-refractivity contribution is 6.06. The van der Waals surface area contributed by atoms with Crippen LogP contribution in [0.1, 0.15) is 33.2 Å². The molecule has 0 saturated carbocycles. The molecule has 2 heterocycles. The molecular formula is C28H25N5O6. The molecule has 0 aliphatic carbocycles. The highest BCUT2D eigenvalue weighted by atomic mass is 16.5. The Morgan fingerprint density at radius 3 is 2.23 bits per heavy atom. The second kappa shape index (κ2) is 10.5. The Morgan fingerprint density at radius 1 is 1.03 bits per heavy atom. The fourth-order valence-electron chi connectivity index (χ4n) is 4.67. The highest BCUT2D eigenvalue weighted by Crippen LogP contribution is 2.43. The first-order valence-electron chi connectivity index (χ1n) is 11.7. The van der Waals surface area contributed by atoms with Crippen LogP contribution in [0.4, 0.5) is 5.69 Å². The predicted molar refractivity (Wildman–Crippen MR) is 140 cm³/mol. The number of rotatable bonds is 6. The third-order valence-corrected chi connectivity index (χ3v) is 6.32. The normalized spacial score (nSPS) is 15.2. The van der Waals surface area contributed by atoms with E-state index in [1.54, 1.807) is 50.2 Å². The summed E-state index contributed by atoms with van der Waals surface area (Å²) >= 11 is 0. The van der Waals surface area contributed by atoms with E-state index in [2.05, 4.69) is 11.2 Å². The van der Waals surface area contributed by atoms with E-state index in [0.717, 1.165) is 19.1 Å². The molecule has 1 aliphatic rings. The van der Waals surface area contributed by atoms with Crippen LogP contribution >= 0.6 is 0 Å². The Morgan fingerprint density at radius 2 is 1.69 bits per heavy atom. The van der Waals surface area contributed by atoms with Gasteiger partial charge in [-0.05, 0) is 43.7 Å². The standard InChI is InChI=1S/C28H25N5O6/c1-15-12-16(2)33(31-15)21-11-10-18(13-19(21)26(34)35)32-24(28(37)39-4)23(27(36)38-3)22(20(14-29)25(32)30)17-8-6-5-7-9-17/h5-13,22H,30H2,1-4H3,(H,34,35). The third-order valence-electron chi connectivity index (χ3n) is 6.32. The minimum atomic E-state index is -1.27. The van der Waals surface area contributed by atoms with E-state index in [1.165, 1.54) is 22.9 Å². The average Bonchev–Trinajstić information content (AvgIpc) is 3.28. The van der Waals surface area contributed by atoms with Crippen LogP contribution in [0.2, 0.25) is 0 Å². The van der Waals surface area contributed by atoms with Gasteiger partial charge in [0.1, 0.15) is 11.5 Å². The maximum atomic E-state index is 13.2. The van der Waals surface area contributed by atoms with Crippen LogP contribution in [0.3, 0.4) is 0 Å². The van der Waals surface area contributed by atoms with Crippen LogP contribution < -0.4 is 10.6 Å². The Balaban J connectivity index is 2.04. The molecule has 1 atom stereocenters. The molecule has 198 valence electrons. The molecule has 4 rings (SSSR count). The lowest BCUT2D eigenvalue weighted by Gasteiger charge is -2.36. The second-order valence-corrected chi connectivity index (χ2v) is 8.68. The topological polar surface area (TPSA) is 161 Å². The molecule has 3 N–H and O–H groups in total. The molecule has 11 nitrogen and oxygen atoms in total. The average molecular weight is 528 g/mol. The minimum Gasteiger partial charge on any atom is -0.478 e. The Bertz CT molecular complexity index is 1600. The Labute approximate surface area is 224 Å². The van der Waals surface area contributed by atoms with Crippen molar-refractivity contribution in [3.63, 3.8) is 0 Å². The molecular weight excluding hydrogens is 502 g/mol. The van der Waals surface area contributed by atoms with Gasteiger partial charge in [0.2, 0.25) is 0 Å². The summed E-state index contributed by atoms with van der Waals surface area (Å²) < 4.78 is 11.5. The first kappa shape index (κ1) is 26.7. The van der Waals surface area contributed by atoms with Crippen molar-refractivity contribution in [3.8, 4) is 11.8 Å². The number of methoxy groups -OCH3 is 2. The SMILES string of the molecule is COC(=O)C1=C(C(=O)OC)N(c2ccc(-n3nc(C)cc3C)c(C(=O)O)c2)C(N)=C(C#N)C1c1ccccc1. The van der Waals surface area contributed by atoms with Crippen molar-refractivity contribution < 1.29 is 29.0 Å². The number of esters is 2. The van der Waals surface area contributed by atoms with Crippen LogP contribution in [0.5, 0.6) is 0 Å². The number of carbonyl (C=O) groups is 3. The van der Waals surface area contributed by atoms with Crippen LogP contribution in [-0.2, 0) is 19.1 Å². The number of aromatic nitrogens is 2. The second-order valence-electron chi connectivity index (χ2n) is 8.68. The third kappa shape index (κ3) is 4.59. The van der Waals surface area contributed by atoms with Gasteiger partial charge in [0.05, 0.1) is 54.3 Å². The fraction of sp³-hybridized carbons (Fsp3) is 0.179. The number of hydrogen-bond acceptors (Lipinski definition) is 9. The molecule has 0 spiro atoms. The van der Waals surface area contributed by atoms with Gasteiger partial charge in [0.15, 0.2) is 0 Å². The number of carboxylic acids is 1. The first-order chi connectivity index (χ1) is 18.6. The molecule has 1 aromatic heterocycles. The lowest BCUT2D eigenvalue weighted by Crippen LogP contribution is -2.40. The van der Waals surface area contributed by atoms with Gasteiger partial charge in [-0.1, -0.05) is 30.3 Å². The Kier molecular flexibility index (Phi) is 7.22. The zero-order chi connectivity index (χ0) is 28.4. The fourth-order valence-corrected chi connectivity index (χ4v) is 4.67. The van der Waals surface area contributed by atoms with E-state index in [1.807, 2.05) is 0 Å². The molecule has 0 amide bonds. The lowest BCUT2D eigenvalue weighted by atomic mass is 9.81. The number of ether oxygens (including phenoxy) is 2. The summed E-state index contributed by atoms with van der Waals surface area (Å²) in [5.74, 6) is -4.29. The summed E-state index contributed by atoms with van der Waals surface area (Å²) in [4.78, 5) is 39.9. The molecule has 0 radical (unpaired) electrons. The van der Waals surface area contributed by atoms with Gasteiger partial charge in [-0.3, -0.25) is 4.90 Å². The summed E-state index contributed by atoms with van der Waals surface area (Å²) in [5.41, 5.74) is 8.14.